The van der Waals surface area contributed by atoms with Crippen molar-refractivity contribution in [3.63, 3.8) is 0 Å². The molecule has 0 atom stereocenters. The Balaban J connectivity index is 1.79. The van der Waals surface area contributed by atoms with Crippen molar-refractivity contribution in [2.24, 2.45) is 5.73 Å². The quantitative estimate of drug-likeness (QED) is 0.352. The highest BCUT2D eigenvalue weighted by Crippen LogP contribution is 2.29. The molecule has 0 aliphatic carbocycles. The van der Waals surface area contributed by atoms with Gasteiger partial charge in [-0.25, -0.2) is 19.7 Å². The van der Waals surface area contributed by atoms with E-state index in [4.69, 9.17) is 15.2 Å². The molecule has 216 valence electrons. The molecule has 12 heteroatoms. The molecule has 0 unspecified atom stereocenters. The molecule has 0 bridgehead atoms. The Bertz CT molecular complexity index is 1220. The van der Waals surface area contributed by atoms with E-state index < -0.39 is 11.5 Å². The SMILES string of the molecule is Cc1nc(OC(C)C)c(NC(=O)C(=CN)c2ncccn2)cc1CN(C=O)C1CCN(C(=O)OC(C)(C)C)CC1. The van der Waals surface area contributed by atoms with Crippen molar-refractivity contribution in [3.05, 3.63) is 47.8 Å². The smallest absolute Gasteiger partial charge is 0.410 e. The first kappa shape index (κ1) is 30.3. The summed E-state index contributed by atoms with van der Waals surface area (Å²) in [5, 5.41) is 2.82. The van der Waals surface area contributed by atoms with Gasteiger partial charge >= 0.3 is 6.09 Å². The Morgan fingerprint density at radius 1 is 1.23 bits per heavy atom. The number of nitrogens with one attached hydrogen (secondary N) is 1. The first-order valence-corrected chi connectivity index (χ1v) is 13.3. The van der Waals surface area contributed by atoms with Gasteiger partial charge in [-0.15, -0.1) is 0 Å². The van der Waals surface area contributed by atoms with E-state index in [1.165, 1.54) is 12.4 Å². The number of nitrogens with two attached hydrogens (primary N) is 1. The summed E-state index contributed by atoms with van der Waals surface area (Å²) in [5.74, 6) is -0.0992. The topological polar surface area (TPSA) is 153 Å². The molecule has 0 radical (unpaired) electrons. The number of pyridine rings is 1. The summed E-state index contributed by atoms with van der Waals surface area (Å²) in [7, 11) is 0. The van der Waals surface area contributed by atoms with Gasteiger partial charge in [0.1, 0.15) is 11.3 Å². The largest absolute Gasteiger partial charge is 0.473 e. The van der Waals surface area contributed by atoms with Crippen LogP contribution in [0.5, 0.6) is 5.88 Å². The molecule has 3 N–H and O–H groups in total. The van der Waals surface area contributed by atoms with Gasteiger partial charge in [-0.1, -0.05) is 0 Å². The number of likely N-dealkylation sites (tertiary alicyclic amines) is 1. The lowest BCUT2D eigenvalue weighted by Gasteiger charge is -2.37. The second-order valence-corrected chi connectivity index (χ2v) is 10.8. The zero-order valence-corrected chi connectivity index (χ0v) is 24.0. The molecule has 1 saturated heterocycles. The molecule has 3 heterocycles. The maximum Gasteiger partial charge on any atom is 0.410 e. The minimum Gasteiger partial charge on any atom is -0.473 e. The van der Waals surface area contributed by atoms with E-state index in [0.717, 1.165) is 18.2 Å². The van der Waals surface area contributed by atoms with Crippen molar-refractivity contribution >= 4 is 29.7 Å². The minimum atomic E-state index is -0.569. The molecule has 3 amide bonds. The molecule has 1 fully saturated rings. The van der Waals surface area contributed by atoms with Gasteiger partial charge in [-0.3, -0.25) is 9.59 Å². The second kappa shape index (κ2) is 13.2. The summed E-state index contributed by atoms with van der Waals surface area (Å²) in [6, 6.07) is 3.33. The highest BCUT2D eigenvalue weighted by molar-refractivity contribution is 6.24. The van der Waals surface area contributed by atoms with Crippen molar-refractivity contribution in [3.8, 4) is 5.88 Å². The Morgan fingerprint density at radius 2 is 1.88 bits per heavy atom. The van der Waals surface area contributed by atoms with Crippen LogP contribution in [0.2, 0.25) is 0 Å². The Hall–Kier alpha value is -4.22. The number of aryl methyl sites for hydroxylation is 1. The Labute approximate surface area is 235 Å². The highest BCUT2D eigenvalue weighted by Gasteiger charge is 2.30. The molecule has 2 aromatic heterocycles. The van der Waals surface area contributed by atoms with Crippen molar-refractivity contribution in [1.82, 2.24) is 24.8 Å². The van der Waals surface area contributed by atoms with Crippen molar-refractivity contribution < 1.29 is 23.9 Å². The molecule has 0 saturated carbocycles. The van der Waals surface area contributed by atoms with Crippen LogP contribution in [0.15, 0.2) is 30.7 Å². The fourth-order valence-electron chi connectivity index (χ4n) is 4.22. The monoisotopic (exact) mass is 553 g/mol. The van der Waals surface area contributed by atoms with Gasteiger partial charge in [-0.05, 0) is 72.1 Å². The summed E-state index contributed by atoms with van der Waals surface area (Å²) in [5.41, 5.74) is 6.98. The van der Waals surface area contributed by atoms with E-state index in [1.54, 1.807) is 21.9 Å². The number of nitrogens with zero attached hydrogens (tertiary/aromatic N) is 5. The van der Waals surface area contributed by atoms with Gasteiger partial charge in [0.2, 0.25) is 12.3 Å². The van der Waals surface area contributed by atoms with E-state index in [-0.39, 0.29) is 42.1 Å². The number of rotatable bonds is 9. The van der Waals surface area contributed by atoms with Gasteiger partial charge < -0.3 is 30.3 Å². The van der Waals surface area contributed by atoms with Gasteiger partial charge in [0.25, 0.3) is 5.91 Å². The number of anilines is 1. The molecule has 12 nitrogen and oxygen atoms in total. The normalized spacial score (nSPS) is 14.6. The van der Waals surface area contributed by atoms with E-state index in [9.17, 15) is 14.4 Å². The third-order valence-corrected chi connectivity index (χ3v) is 6.17. The number of hydrogen-bond donors (Lipinski definition) is 2. The molecule has 3 rings (SSSR count). The molecule has 1 aliphatic heterocycles. The molecular formula is C28H39N7O5. The first-order chi connectivity index (χ1) is 18.9. The second-order valence-electron chi connectivity index (χ2n) is 10.8. The summed E-state index contributed by atoms with van der Waals surface area (Å²) in [4.78, 5) is 53.9. The van der Waals surface area contributed by atoms with E-state index in [1.807, 2.05) is 41.5 Å². The van der Waals surface area contributed by atoms with Crippen molar-refractivity contribution in [1.29, 1.82) is 0 Å². The van der Waals surface area contributed by atoms with Gasteiger partial charge in [-0.2, -0.15) is 0 Å². The van der Waals surface area contributed by atoms with Gasteiger partial charge in [0.15, 0.2) is 5.82 Å². The number of piperidine rings is 1. The third-order valence-electron chi connectivity index (χ3n) is 6.17. The van der Waals surface area contributed by atoms with Crippen LogP contribution >= 0.6 is 0 Å². The fraction of sp³-hybridized carbons (Fsp3) is 0.500. The minimum absolute atomic E-state index is 0.0674. The summed E-state index contributed by atoms with van der Waals surface area (Å²) < 4.78 is 11.4. The summed E-state index contributed by atoms with van der Waals surface area (Å²) in [6.45, 7) is 12.3. The first-order valence-electron chi connectivity index (χ1n) is 13.3. The average Bonchev–Trinajstić information content (AvgIpc) is 2.89. The maximum atomic E-state index is 13.1. The molecular weight excluding hydrogens is 514 g/mol. The van der Waals surface area contributed by atoms with Crippen LogP contribution in [0.1, 0.15) is 64.5 Å². The lowest BCUT2D eigenvalue weighted by Crippen LogP contribution is -2.47. The number of aromatic nitrogens is 3. The third kappa shape index (κ3) is 8.14. The van der Waals surface area contributed by atoms with Gasteiger partial charge in [0.05, 0.1) is 11.7 Å². The van der Waals surface area contributed by atoms with Crippen LogP contribution in [-0.4, -0.2) is 74.0 Å². The number of carbonyl (C=O) groups excluding carboxylic acids is 3. The number of carbonyl (C=O) groups is 3. The number of amides is 3. The molecule has 40 heavy (non-hydrogen) atoms. The van der Waals surface area contributed by atoms with Crippen LogP contribution in [-0.2, 0) is 20.9 Å². The van der Waals surface area contributed by atoms with Crippen LogP contribution in [0, 0.1) is 6.92 Å². The Morgan fingerprint density at radius 3 is 2.42 bits per heavy atom. The fourth-order valence-corrected chi connectivity index (χ4v) is 4.22. The van der Waals surface area contributed by atoms with Crippen molar-refractivity contribution in [2.45, 2.75) is 78.7 Å². The standard InChI is InChI=1S/C28H39N7O5/c1-18(2)39-26-23(33-25(37)22(15-29)24-30-10-7-11-31-24)14-20(19(3)32-26)16-35(17-36)21-8-12-34(13-9-21)27(38)40-28(4,5)6/h7,10-11,14-15,17-18,21H,8-9,12-13,16,29H2,1-6H3,(H,33,37). The lowest BCUT2D eigenvalue weighted by atomic mass is 10.0. The average molecular weight is 554 g/mol. The zero-order chi connectivity index (χ0) is 29.4. The van der Waals surface area contributed by atoms with Crippen LogP contribution in [0.4, 0.5) is 10.5 Å². The van der Waals surface area contributed by atoms with Crippen LogP contribution < -0.4 is 15.8 Å². The van der Waals surface area contributed by atoms with Crippen molar-refractivity contribution in [2.75, 3.05) is 18.4 Å². The summed E-state index contributed by atoms with van der Waals surface area (Å²) >= 11 is 0. The predicted molar refractivity (Wildman–Crippen MR) is 150 cm³/mol. The predicted octanol–water partition coefficient (Wildman–Crippen LogP) is 3.26. The molecule has 0 aromatic carbocycles. The molecule has 0 spiro atoms. The number of ether oxygens (including phenoxy) is 2. The van der Waals surface area contributed by atoms with E-state index >= 15 is 0 Å². The van der Waals surface area contributed by atoms with Crippen LogP contribution in [0.25, 0.3) is 5.57 Å². The Kier molecular flexibility index (Phi) is 10.0. The maximum absolute atomic E-state index is 13.1. The lowest BCUT2D eigenvalue weighted by molar-refractivity contribution is -0.121. The van der Waals surface area contributed by atoms with Crippen LogP contribution in [0.3, 0.4) is 0 Å². The molecule has 1 aliphatic rings. The van der Waals surface area contributed by atoms with E-state index in [0.29, 0.717) is 37.3 Å². The summed E-state index contributed by atoms with van der Waals surface area (Å²) in [6.07, 6.45) is 5.68. The number of hydrogen-bond acceptors (Lipinski definition) is 9. The van der Waals surface area contributed by atoms with Gasteiger partial charge in [0, 0.05) is 50.0 Å². The highest BCUT2D eigenvalue weighted by atomic mass is 16.6. The van der Waals surface area contributed by atoms with E-state index in [2.05, 4.69) is 20.3 Å². The zero-order valence-electron chi connectivity index (χ0n) is 24.0. The molecule has 2 aromatic rings.